The van der Waals surface area contributed by atoms with Gasteiger partial charge in [-0.1, -0.05) is 12.1 Å². The van der Waals surface area contributed by atoms with Crippen LogP contribution in [0.25, 0.3) is 0 Å². The maximum Gasteiger partial charge on any atom is 0.416 e. The lowest BCUT2D eigenvalue weighted by Gasteiger charge is -2.13. The van der Waals surface area contributed by atoms with Gasteiger partial charge in [-0.2, -0.15) is 13.2 Å². The van der Waals surface area contributed by atoms with Gasteiger partial charge in [-0.25, -0.2) is 4.98 Å². The van der Waals surface area contributed by atoms with Gasteiger partial charge in [0, 0.05) is 18.3 Å². The predicted octanol–water partition coefficient (Wildman–Crippen LogP) is 2.89. The summed E-state index contributed by atoms with van der Waals surface area (Å²) >= 11 is 0. The predicted molar refractivity (Wildman–Crippen MR) is 79.3 cm³/mol. The molecule has 0 bridgehead atoms. The first-order valence-corrected chi connectivity index (χ1v) is 7.02. The van der Waals surface area contributed by atoms with Gasteiger partial charge in [0.1, 0.15) is 11.9 Å². The average molecular weight is 340 g/mol. The second-order valence-electron chi connectivity index (χ2n) is 4.99. The summed E-state index contributed by atoms with van der Waals surface area (Å²) in [5.41, 5.74) is -0.371. The van der Waals surface area contributed by atoms with Gasteiger partial charge in [0.05, 0.1) is 5.56 Å². The lowest BCUT2D eigenvalue weighted by Crippen LogP contribution is -2.32. The van der Waals surface area contributed by atoms with Crippen molar-refractivity contribution in [2.75, 3.05) is 0 Å². The number of halogens is 3. The van der Waals surface area contributed by atoms with Crippen LogP contribution in [0.5, 0.6) is 11.6 Å². The Morgan fingerprint density at radius 3 is 2.75 bits per heavy atom. The number of hydrogen-bond acceptors (Lipinski definition) is 4. The van der Waals surface area contributed by atoms with E-state index in [9.17, 15) is 18.0 Å². The number of aromatic nitrogens is 1. The minimum atomic E-state index is -4.47. The number of rotatable bonds is 5. The monoisotopic (exact) mass is 340 g/mol. The van der Waals surface area contributed by atoms with E-state index in [1.165, 1.54) is 25.3 Å². The standard InChI is InChI=1S/C16H15F3N2O3/c1-10(22)14(23)21-9-11-4-3-7-20-15(11)24-13-6-2-5-12(8-13)16(17,18)19/h2-8,10,22H,9H2,1H3,(H,21,23)/t10-/m1/s1. The molecule has 2 aromatic rings. The summed E-state index contributed by atoms with van der Waals surface area (Å²) in [6.45, 7) is 1.34. The second-order valence-corrected chi connectivity index (χ2v) is 4.99. The molecule has 0 aliphatic carbocycles. The fraction of sp³-hybridized carbons (Fsp3) is 0.250. The quantitative estimate of drug-likeness (QED) is 0.878. The number of carbonyl (C=O) groups is 1. The van der Waals surface area contributed by atoms with Crippen LogP contribution in [0.15, 0.2) is 42.6 Å². The largest absolute Gasteiger partial charge is 0.439 e. The number of nitrogens with one attached hydrogen (secondary N) is 1. The van der Waals surface area contributed by atoms with Crippen LogP contribution in [0.3, 0.4) is 0 Å². The Bertz CT molecular complexity index is 718. The molecule has 0 spiro atoms. The molecule has 8 heteroatoms. The topological polar surface area (TPSA) is 71.5 Å². The summed E-state index contributed by atoms with van der Waals surface area (Å²) in [5, 5.41) is 11.6. The number of benzene rings is 1. The third kappa shape index (κ3) is 4.69. The SMILES string of the molecule is C[C@@H](O)C(=O)NCc1cccnc1Oc1cccc(C(F)(F)F)c1. The van der Waals surface area contributed by atoms with E-state index in [-0.39, 0.29) is 18.2 Å². The molecule has 1 atom stereocenters. The first kappa shape index (κ1) is 17.7. The number of aliphatic hydroxyl groups is 1. The van der Waals surface area contributed by atoms with E-state index in [2.05, 4.69) is 10.3 Å². The first-order chi connectivity index (χ1) is 11.3. The lowest BCUT2D eigenvalue weighted by molar-refractivity contribution is -0.137. The fourth-order valence-electron chi connectivity index (χ4n) is 1.83. The molecular formula is C16H15F3N2O3. The van der Waals surface area contributed by atoms with E-state index >= 15 is 0 Å². The van der Waals surface area contributed by atoms with Gasteiger partial charge in [0.15, 0.2) is 0 Å². The van der Waals surface area contributed by atoms with Crippen molar-refractivity contribution in [1.29, 1.82) is 0 Å². The van der Waals surface area contributed by atoms with Crippen molar-refractivity contribution in [3.8, 4) is 11.6 Å². The summed E-state index contributed by atoms with van der Waals surface area (Å²) in [6, 6.07) is 7.63. The van der Waals surface area contributed by atoms with Gasteiger partial charge in [0.25, 0.3) is 0 Å². The number of amides is 1. The first-order valence-electron chi connectivity index (χ1n) is 7.02. The van der Waals surface area contributed by atoms with E-state index in [0.29, 0.717) is 5.56 Å². The van der Waals surface area contributed by atoms with Crippen molar-refractivity contribution in [3.63, 3.8) is 0 Å². The molecule has 0 aliphatic rings. The number of alkyl halides is 3. The molecular weight excluding hydrogens is 325 g/mol. The molecule has 0 unspecified atom stereocenters. The van der Waals surface area contributed by atoms with Crippen LogP contribution in [0.2, 0.25) is 0 Å². The van der Waals surface area contributed by atoms with E-state index in [4.69, 9.17) is 9.84 Å². The lowest BCUT2D eigenvalue weighted by atomic mass is 10.2. The highest BCUT2D eigenvalue weighted by molar-refractivity contribution is 5.79. The molecule has 1 heterocycles. The summed E-state index contributed by atoms with van der Waals surface area (Å²) in [7, 11) is 0. The van der Waals surface area contributed by atoms with Crippen molar-refractivity contribution in [2.24, 2.45) is 0 Å². The number of carbonyl (C=O) groups excluding carboxylic acids is 1. The summed E-state index contributed by atoms with van der Waals surface area (Å²) in [4.78, 5) is 15.4. The number of hydrogen-bond donors (Lipinski definition) is 2. The zero-order valence-corrected chi connectivity index (χ0v) is 12.7. The molecule has 1 aromatic carbocycles. The van der Waals surface area contributed by atoms with Crippen LogP contribution in [0.4, 0.5) is 13.2 Å². The molecule has 0 aliphatic heterocycles. The Morgan fingerprint density at radius 1 is 1.33 bits per heavy atom. The van der Waals surface area contributed by atoms with Crippen LogP contribution in [-0.2, 0) is 17.5 Å². The van der Waals surface area contributed by atoms with Crippen LogP contribution in [-0.4, -0.2) is 22.1 Å². The molecule has 0 saturated heterocycles. The van der Waals surface area contributed by atoms with Crippen LogP contribution >= 0.6 is 0 Å². The van der Waals surface area contributed by atoms with Gasteiger partial charge >= 0.3 is 6.18 Å². The third-order valence-corrected chi connectivity index (χ3v) is 3.06. The van der Waals surface area contributed by atoms with E-state index in [1.807, 2.05) is 0 Å². The van der Waals surface area contributed by atoms with Crippen molar-refractivity contribution in [1.82, 2.24) is 10.3 Å². The zero-order valence-electron chi connectivity index (χ0n) is 12.7. The molecule has 128 valence electrons. The molecule has 2 N–H and O–H groups in total. The van der Waals surface area contributed by atoms with Gasteiger partial charge < -0.3 is 15.2 Å². The van der Waals surface area contributed by atoms with Crippen LogP contribution < -0.4 is 10.1 Å². The minimum absolute atomic E-state index is 0.0197. The Balaban J connectivity index is 2.17. The Kier molecular flexibility index (Phi) is 5.40. The Morgan fingerprint density at radius 2 is 2.08 bits per heavy atom. The Hall–Kier alpha value is -2.61. The number of nitrogens with zero attached hydrogens (tertiary/aromatic N) is 1. The number of aliphatic hydroxyl groups excluding tert-OH is 1. The molecule has 5 nitrogen and oxygen atoms in total. The fourth-order valence-corrected chi connectivity index (χ4v) is 1.83. The van der Waals surface area contributed by atoms with Crippen molar-refractivity contribution in [2.45, 2.75) is 25.7 Å². The van der Waals surface area contributed by atoms with Gasteiger partial charge in [-0.05, 0) is 31.2 Å². The molecule has 0 radical (unpaired) electrons. The molecule has 1 aromatic heterocycles. The van der Waals surface area contributed by atoms with Crippen LogP contribution in [0.1, 0.15) is 18.1 Å². The van der Waals surface area contributed by atoms with Gasteiger partial charge in [-0.3, -0.25) is 4.79 Å². The third-order valence-electron chi connectivity index (χ3n) is 3.06. The maximum absolute atomic E-state index is 12.7. The van der Waals surface area contributed by atoms with Gasteiger partial charge in [-0.15, -0.1) is 0 Å². The second kappa shape index (κ2) is 7.31. The highest BCUT2D eigenvalue weighted by Crippen LogP contribution is 2.32. The normalized spacial score (nSPS) is 12.5. The van der Waals surface area contributed by atoms with E-state index in [0.717, 1.165) is 12.1 Å². The number of ether oxygens (including phenoxy) is 1. The Labute approximate surface area is 136 Å². The highest BCUT2D eigenvalue weighted by Gasteiger charge is 2.30. The smallest absolute Gasteiger partial charge is 0.416 e. The summed E-state index contributed by atoms with van der Waals surface area (Å²) in [6.07, 6.45) is -4.23. The molecule has 1 amide bonds. The van der Waals surface area contributed by atoms with Crippen LogP contribution in [0, 0.1) is 0 Å². The minimum Gasteiger partial charge on any atom is -0.439 e. The number of pyridine rings is 1. The zero-order chi connectivity index (χ0) is 17.7. The molecule has 0 saturated carbocycles. The molecule has 24 heavy (non-hydrogen) atoms. The van der Waals surface area contributed by atoms with Crippen molar-refractivity contribution >= 4 is 5.91 Å². The van der Waals surface area contributed by atoms with Crippen molar-refractivity contribution < 1.29 is 27.8 Å². The average Bonchev–Trinajstić information content (AvgIpc) is 2.53. The highest BCUT2D eigenvalue weighted by atomic mass is 19.4. The summed E-state index contributed by atoms with van der Waals surface area (Å²) < 4.78 is 43.6. The van der Waals surface area contributed by atoms with Gasteiger partial charge in [0.2, 0.25) is 11.8 Å². The van der Waals surface area contributed by atoms with E-state index < -0.39 is 23.8 Å². The molecule has 2 rings (SSSR count). The maximum atomic E-state index is 12.7. The van der Waals surface area contributed by atoms with E-state index in [1.54, 1.807) is 12.1 Å². The van der Waals surface area contributed by atoms with Crippen molar-refractivity contribution in [3.05, 3.63) is 53.7 Å². The molecule has 0 fully saturated rings. The summed E-state index contributed by atoms with van der Waals surface area (Å²) in [5.74, 6) is -0.529.